The molecule has 0 amide bonds. The summed E-state index contributed by atoms with van der Waals surface area (Å²) in [6, 6.07) is 0. The molecule has 0 rings (SSSR count). The second-order valence-corrected chi connectivity index (χ2v) is 12.4. The van der Waals surface area contributed by atoms with Crippen LogP contribution in [0.15, 0.2) is 0 Å². The third-order valence-corrected chi connectivity index (χ3v) is 5.77. The molecule has 0 aliphatic carbocycles. The zero-order valence-corrected chi connectivity index (χ0v) is 23.9. The first kappa shape index (κ1) is 34.3. The third kappa shape index (κ3) is 43.9. The molecule has 0 heterocycles. The molecule has 0 aliphatic rings. The molecular weight excluding hydrogens is 486 g/mol. The summed E-state index contributed by atoms with van der Waals surface area (Å²) in [5.41, 5.74) is 0. The number of rotatable bonds is 22. The van der Waals surface area contributed by atoms with Gasteiger partial charge in [0.05, 0.1) is 0 Å². The summed E-state index contributed by atoms with van der Waals surface area (Å²) < 4.78 is 32.0. The molecule has 196 valence electrons. The fourth-order valence-electron chi connectivity index (χ4n) is 3.85. The molecule has 32 heavy (non-hydrogen) atoms. The van der Waals surface area contributed by atoms with Crippen molar-refractivity contribution in [2.24, 2.45) is 11.8 Å². The molecule has 5 nitrogen and oxygen atoms in total. The van der Waals surface area contributed by atoms with Gasteiger partial charge in [0, 0.05) is 0 Å². The normalized spacial score (nSPS) is 11.8. The van der Waals surface area contributed by atoms with Gasteiger partial charge in [0.25, 0.3) is 0 Å². The Balaban J connectivity index is 0. The number of unbranched alkanes of at least 4 members (excludes halogenated alkanes) is 14. The van der Waals surface area contributed by atoms with Gasteiger partial charge in [-0.3, -0.25) is 0 Å². The molecule has 0 saturated carbocycles. The summed E-state index contributed by atoms with van der Waals surface area (Å²) >= 11 is -5.52. The van der Waals surface area contributed by atoms with E-state index in [2.05, 4.69) is 33.0 Å². The van der Waals surface area contributed by atoms with E-state index in [1.807, 2.05) is 0 Å². The van der Waals surface area contributed by atoms with Crippen molar-refractivity contribution in [1.82, 2.24) is 5.32 Å². The van der Waals surface area contributed by atoms with Gasteiger partial charge >= 0.3 is 31.1 Å². The summed E-state index contributed by atoms with van der Waals surface area (Å²) in [5.74, 6) is 1.78. The summed E-state index contributed by atoms with van der Waals surface area (Å²) in [6.45, 7) is 11.8. The van der Waals surface area contributed by atoms with Crippen molar-refractivity contribution < 1.29 is 31.1 Å². The molecule has 0 radical (unpaired) electrons. The van der Waals surface area contributed by atoms with Crippen molar-refractivity contribution in [3.8, 4) is 0 Å². The van der Waals surface area contributed by atoms with Crippen LogP contribution in [0, 0.1) is 11.8 Å². The molecule has 0 fully saturated rings. The van der Waals surface area contributed by atoms with Crippen LogP contribution >= 0.6 is 0 Å². The molecule has 3 N–H and O–H groups in total. The van der Waals surface area contributed by atoms with Crippen LogP contribution in [-0.2, 0) is 23.5 Å². The quantitative estimate of drug-likeness (QED) is 0.0969. The predicted octanol–water partition coefficient (Wildman–Crippen LogP) is 7.56. The summed E-state index contributed by atoms with van der Waals surface area (Å²) in [7, 11) is 0. The monoisotopic (exact) mass is 545 g/mol. The van der Waals surface area contributed by atoms with Gasteiger partial charge < -0.3 is 5.32 Å². The van der Waals surface area contributed by atoms with Crippen LogP contribution in [0.1, 0.15) is 143 Å². The zero-order valence-electron chi connectivity index (χ0n) is 21.9. The van der Waals surface area contributed by atoms with E-state index in [4.69, 9.17) is 14.3 Å². The summed E-state index contributed by atoms with van der Waals surface area (Å²) in [5, 5.41) is 3.64. The maximum absolute atomic E-state index is 8.85. The molecular formula is C26H57MoNO4. The van der Waals surface area contributed by atoms with E-state index in [0.717, 1.165) is 11.8 Å². The van der Waals surface area contributed by atoms with Gasteiger partial charge in [0.15, 0.2) is 0 Å². The van der Waals surface area contributed by atoms with Crippen LogP contribution in [0.4, 0.5) is 0 Å². The molecule has 0 spiro atoms. The van der Waals surface area contributed by atoms with Crippen LogP contribution in [0.5, 0.6) is 0 Å². The molecule has 0 atom stereocenters. The Labute approximate surface area is 204 Å². The van der Waals surface area contributed by atoms with Gasteiger partial charge in [-0.2, -0.15) is 0 Å². The van der Waals surface area contributed by atoms with Crippen molar-refractivity contribution in [3.63, 3.8) is 0 Å². The van der Waals surface area contributed by atoms with E-state index in [1.54, 1.807) is 0 Å². The van der Waals surface area contributed by atoms with E-state index in [0.29, 0.717) is 0 Å². The second-order valence-electron chi connectivity index (χ2n) is 10.2. The first-order valence-corrected chi connectivity index (χ1v) is 17.0. The third-order valence-electron chi connectivity index (χ3n) is 5.77. The maximum atomic E-state index is 8.85. The van der Waals surface area contributed by atoms with Crippen molar-refractivity contribution >= 4 is 0 Å². The van der Waals surface area contributed by atoms with E-state index in [-0.39, 0.29) is 0 Å². The molecule has 0 aromatic carbocycles. The Hall–Kier alpha value is 0.168. The molecule has 6 heteroatoms. The summed E-state index contributed by atoms with van der Waals surface area (Å²) in [6.07, 6.45) is 25.9. The summed E-state index contributed by atoms with van der Waals surface area (Å²) in [4.78, 5) is 0. The first-order valence-electron chi connectivity index (χ1n) is 13.5. The molecule has 0 saturated heterocycles. The van der Waals surface area contributed by atoms with Crippen LogP contribution < -0.4 is 5.32 Å². The predicted molar refractivity (Wildman–Crippen MR) is 131 cm³/mol. The van der Waals surface area contributed by atoms with Gasteiger partial charge in [-0.25, -0.2) is 0 Å². The Morgan fingerprint density at radius 2 is 0.719 bits per heavy atom. The fraction of sp³-hybridized carbons (Fsp3) is 1.00. The SMILES string of the molecule is CC(C)CCCCCCCCCCNCCCCCCCCCCC(C)C.[O]=[Mo](=[O])([OH])[OH]. The van der Waals surface area contributed by atoms with Gasteiger partial charge in [0.1, 0.15) is 0 Å². The van der Waals surface area contributed by atoms with Crippen molar-refractivity contribution in [3.05, 3.63) is 0 Å². The minimum absolute atomic E-state index is 0.891. The Morgan fingerprint density at radius 1 is 0.500 bits per heavy atom. The van der Waals surface area contributed by atoms with Crippen LogP contribution in [0.2, 0.25) is 0 Å². The second kappa shape index (κ2) is 25.8. The van der Waals surface area contributed by atoms with Crippen molar-refractivity contribution in [2.45, 2.75) is 143 Å². The average Bonchev–Trinajstić information content (AvgIpc) is 2.67. The van der Waals surface area contributed by atoms with E-state index >= 15 is 0 Å². The van der Waals surface area contributed by atoms with Crippen LogP contribution in [0.25, 0.3) is 0 Å². The van der Waals surface area contributed by atoms with Gasteiger partial charge in [0.2, 0.25) is 0 Å². The van der Waals surface area contributed by atoms with Crippen LogP contribution in [0.3, 0.4) is 0 Å². The molecule has 0 aromatic rings. The Kier molecular flexibility index (Phi) is 27.7. The van der Waals surface area contributed by atoms with Crippen molar-refractivity contribution in [1.29, 1.82) is 0 Å². The molecule has 0 bridgehead atoms. The molecule has 0 aromatic heterocycles. The fourth-order valence-corrected chi connectivity index (χ4v) is 3.85. The number of nitrogens with one attached hydrogen (secondary N) is 1. The number of hydrogen-bond acceptors (Lipinski definition) is 3. The Morgan fingerprint density at radius 3 is 0.969 bits per heavy atom. The van der Waals surface area contributed by atoms with Gasteiger partial charge in [-0.05, 0) is 37.8 Å². The number of hydrogen-bond donors (Lipinski definition) is 3. The van der Waals surface area contributed by atoms with E-state index in [9.17, 15) is 0 Å². The minimum atomic E-state index is -5.52. The average molecular weight is 544 g/mol. The Bertz CT molecular complexity index is 419. The van der Waals surface area contributed by atoms with Crippen LogP contribution in [-0.4, -0.2) is 20.6 Å². The zero-order chi connectivity index (χ0) is 24.5. The first-order chi connectivity index (χ1) is 15.1. The molecule has 0 unspecified atom stereocenters. The van der Waals surface area contributed by atoms with E-state index < -0.39 is 16.7 Å². The molecule has 0 aliphatic heterocycles. The van der Waals surface area contributed by atoms with Gasteiger partial charge in [-0.1, -0.05) is 130 Å². The topological polar surface area (TPSA) is 86.6 Å². The van der Waals surface area contributed by atoms with E-state index in [1.165, 1.54) is 129 Å². The van der Waals surface area contributed by atoms with Crippen molar-refractivity contribution in [2.75, 3.05) is 13.1 Å². The van der Waals surface area contributed by atoms with Gasteiger partial charge in [-0.15, -0.1) is 0 Å². The standard InChI is InChI=1S/C26H55N.Mo.2H2O.2O/c1-25(2)21-17-13-9-5-7-11-15-19-23-27-24-20-16-12-8-6-10-14-18-22-26(3)4;;;;;/h25-27H,5-24H2,1-4H3;;2*1H2;;/q;+2;;;;/p-2.